The number of unbranched alkanes of at least 4 members (excludes halogenated alkanes) is 54. The van der Waals surface area contributed by atoms with Gasteiger partial charge in [-0.05, 0) is 80.3 Å². The van der Waals surface area contributed by atoms with Crippen LogP contribution in [0.15, 0.2) is 60.7 Å². The maximum Gasteiger partial charge on any atom is 0.337 e. The Hall–Kier alpha value is -6.58. The first-order chi connectivity index (χ1) is 56.2. The van der Waals surface area contributed by atoms with Gasteiger partial charge in [0.05, 0.1) is 51.0 Å². The zero-order chi connectivity index (χ0) is 81.5. The van der Waals surface area contributed by atoms with Crippen molar-refractivity contribution in [2.45, 2.75) is 427 Å². The van der Waals surface area contributed by atoms with Gasteiger partial charge in [0.1, 0.15) is 0 Å². The zero-order valence-corrected chi connectivity index (χ0v) is 73.5. The molecule has 0 aliphatic rings. The largest absolute Gasteiger partial charge is 0.490 e. The molecule has 4 aromatic rings. The summed E-state index contributed by atoms with van der Waals surface area (Å²) in [4.78, 5) is 56.8. The van der Waals surface area contributed by atoms with E-state index in [2.05, 4.69) is 73.9 Å². The lowest BCUT2D eigenvalue weighted by atomic mass is 10.1. The Balaban J connectivity index is 1.52. The van der Waals surface area contributed by atoms with Crippen molar-refractivity contribution in [3.63, 3.8) is 0 Å². The van der Waals surface area contributed by atoms with Crippen LogP contribution in [0, 0.1) is 0 Å². The first-order valence-electron chi connectivity index (χ1n) is 47.6. The maximum absolute atomic E-state index is 14.4. The molecule has 0 saturated heterocycles. The second-order valence-electron chi connectivity index (χ2n) is 32.6. The molecule has 4 rings (SSSR count). The summed E-state index contributed by atoms with van der Waals surface area (Å²) >= 11 is 0. The van der Waals surface area contributed by atoms with Crippen LogP contribution in [0.25, 0.3) is 10.8 Å². The maximum atomic E-state index is 14.4. The number of amides is 6. The van der Waals surface area contributed by atoms with Crippen molar-refractivity contribution >= 4 is 46.0 Å². The summed E-state index contributed by atoms with van der Waals surface area (Å²) in [6.07, 6.45) is 72.4. The van der Waals surface area contributed by atoms with Gasteiger partial charge in [0.15, 0.2) is 23.0 Å². The highest BCUT2D eigenvalue weighted by atomic mass is 16.5. The van der Waals surface area contributed by atoms with E-state index in [1.165, 1.54) is 283 Å². The van der Waals surface area contributed by atoms with Crippen molar-refractivity contribution in [3.8, 4) is 34.5 Å². The molecule has 0 saturated carbocycles. The minimum Gasteiger partial charge on any atom is -0.490 e. The molecule has 0 aromatic heterocycles. The third kappa shape index (κ3) is 48.8. The van der Waals surface area contributed by atoms with Crippen LogP contribution in [0.5, 0.6) is 34.5 Å². The third-order valence-corrected chi connectivity index (χ3v) is 22.1. The topological polar surface area (TPSA) is 196 Å². The molecular formula is C98H166N6O10. The monoisotopic (exact) mass is 1590 g/mol. The van der Waals surface area contributed by atoms with E-state index >= 15 is 0 Å². The number of urea groups is 2. The van der Waals surface area contributed by atoms with Crippen molar-refractivity contribution in [2.75, 3.05) is 50.3 Å². The molecule has 0 unspecified atom stereocenters. The lowest BCUT2D eigenvalue weighted by Gasteiger charge is -2.19. The third-order valence-electron chi connectivity index (χ3n) is 22.1. The fraction of sp³-hybridized carbons (Fsp3) is 0.735. The van der Waals surface area contributed by atoms with E-state index in [1.807, 2.05) is 12.1 Å². The van der Waals surface area contributed by atoms with Crippen molar-refractivity contribution in [3.05, 3.63) is 71.8 Å². The summed E-state index contributed by atoms with van der Waals surface area (Å²) in [7, 11) is 0. The number of hydrazine groups is 2. The first-order valence-corrected chi connectivity index (χ1v) is 47.6. The Labute approximate surface area is 695 Å². The molecule has 0 fully saturated rings. The van der Waals surface area contributed by atoms with Crippen molar-refractivity contribution in [1.29, 1.82) is 0 Å². The molecule has 16 heteroatoms. The summed E-state index contributed by atoms with van der Waals surface area (Å²) in [5.41, 5.74) is 11.6. The molecule has 0 radical (unpaired) electrons. The molecule has 648 valence electrons. The first kappa shape index (κ1) is 99.8. The SMILES string of the molecule is CCCCCCCCCCCCOc1cc(C(=O)NNC(=O)Nc2cccc3cccc(NC(=O)NNC(=O)c4cc(OCCCCCCCCCCCC)c(OCCCCCCCCCCCC)c(OCCCCCCCCCCCC)c4)c23)cc(OCCCCCCCCCCCC)c1OCCCCCCCCCCCC. The molecule has 0 aliphatic carbocycles. The van der Waals surface area contributed by atoms with Crippen molar-refractivity contribution in [1.82, 2.24) is 21.7 Å². The number of hydrogen-bond acceptors (Lipinski definition) is 10. The van der Waals surface area contributed by atoms with Crippen molar-refractivity contribution in [2.24, 2.45) is 0 Å². The van der Waals surface area contributed by atoms with Gasteiger partial charge in [-0.15, -0.1) is 0 Å². The average Bonchev–Trinajstić information content (AvgIpc) is 0.805. The fourth-order valence-electron chi connectivity index (χ4n) is 15.0. The van der Waals surface area contributed by atoms with Gasteiger partial charge in [0.25, 0.3) is 11.8 Å². The highest BCUT2D eigenvalue weighted by molar-refractivity contribution is 6.11. The van der Waals surface area contributed by atoms with E-state index in [9.17, 15) is 19.2 Å². The van der Waals surface area contributed by atoms with Crippen LogP contribution in [-0.4, -0.2) is 63.5 Å². The van der Waals surface area contributed by atoms with Crippen molar-refractivity contribution < 1.29 is 47.6 Å². The number of benzene rings is 4. The standard InChI is InChI=1S/C98H166N6O10/c1-7-13-19-25-31-37-43-49-55-61-73-109-88-79-84(80-89(110-74-62-56-50-44-38-32-26-20-14-8-2)93(88)113-77-65-59-53-47-41-35-29-23-17-11-5)95(105)101-103-97(107)99-86-71-67-69-83-70-68-72-87(92(83)86)100-98(108)104-102-96(106)85-81-90(111-75-63-57-51-45-39-33-27-21-15-9-3)94(114-78-66-60-54-48-42-36-30-24-18-12-6)91(82-85)112-76-64-58-52-46-40-34-28-22-16-10-4/h67-72,79-82H,7-66,73-78H2,1-6H3,(H,101,105)(H,102,106)(H2,99,103,107)(H2,100,104,108). The molecule has 0 spiro atoms. The van der Waals surface area contributed by atoms with E-state index in [0.717, 1.165) is 108 Å². The number of anilines is 2. The number of rotatable bonds is 76. The van der Waals surface area contributed by atoms with Crippen LogP contribution in [0.2, 0.25) is 0 Å². The Morgan fingerprint density at radius 3 is 0.640 bits per heavy atom. The highest BCUT2D eigenvalue weighted by Gasteiger charge is 2.23. The summed E-state index contributed by atoms with van der Waals surface area (Å²) in [5, 5.41) is 7.05. The number of ether oxygens (including phenoxy) is 6. The normalized spacial score (nSPS) is 11.2. The molecular weight excluding hydrogens is 1420 g/mol. The number of hydrogen-bond donors (Lipinski definition) is 6. The van der Waals surface area contributed by atoms with Gasteiger partial charge < -0.3 is 39.1 Å². The lowest BCUT2D eigenvalue weighted by molar-refractivity contribution is 0.0930. The minimum atomic E-state index is -0.720. The summed E-state index contributed by atoms with van der Waals surface area (Å²) < 4.78 is 39.6. The predicted molar refractivity (Wildman–Crippen MR) is 480 cm³/mol. The van der Waals surface area contributed by atoms with E-state index < -0.39 is 23.9 Å². The highest BCUT2D eigenvalue weighted by Crippen LogP contribution is 2.42. The molecule has 0 atom stereocenters. The summed E-state index contributed by atoms with van der Waals surface area (Å²) in [5.74, 6) is 1.68. The molecule has 114 heavy (non-hydrogen) atoms. The molecule has 0 aliphatic heterocycles. The summed E-state index contributed by atoms with van der Waals surface area (Å²) in [6.45, 7) is 16.4. The average molecular weight is 1590 g/mol. The number of fused-ring (bicyclic) bond motifs is 1. The van der Waals surface area contributed by atoms with Crippen LogP contribution >= 0.6 is 0 Å². The lowest BCUT2D eigenvalue weighted by Crippen LogP contribution is -2.44. The predicted octanol–water partition coefficient (Wildman–Crippen LogP) is 29.6. The molecule has 6 N–H and O–H groups in total. The minimum absolute atomic E-state index is 0.245. The van der Waals surface area contributed by atoms with Crippen LogP contribution in [-0.2, 0) is 0 Å². The smallest absolute Gasteiger partial charge is 0.337 e. The van der Waals surface area contributed by atoms with Crippen LogP contribution < -0.4 is 60.8 Å². The Morgan fingerprint density at radius 1 is 0.237 bits per heavy atom. The number of carbonyl (C=O) groups excluding carboxylic acids is 4. The Bertz CT molecular complexity index is 2750. The van der Waals surface area contributed by atoms with Gasteiger partial charge in [0.2, 0.25) is 11.5 Å². The van der Waals surface area contributed by atoms with E-state index in [0.29, 0.717) is 90.9 Å². The second kappa shape index (κ2) is 70.6. The van der Waals surface area contributed by atoms with E-state index in [1.54, 1.807) is 48.5 Å². The Kier molecular flexibility index (Phi) is 61.8. The summed E-state index contributed by atoms with van der Waals surface area (Å²) in [6, 6.07) is 16.1. The zero-order valence-electron chi connectivity index (χ0n) is 73.5. The molecule has 4 aromatic carbocycles. The molecule has 16 nitrogen and oxygen atoms in total. The van der Waals surface area contributed by atoms with Gasteiger partial charge >= 0.3 is 12.1 Å². The molecule has 0 bridgehead atoms. The number of nitrogens with one attached hydrogen (secondary N) is 6. The van der Waals surface area contributed by atoms with Gasteiger partial charge in [-0.2, -0.15) is 0 Å². The molecule has 0 heterocycles. The van der Waals surface area contributed by atoms with Gasteiger partial charge in [-0.3, -0.25) is 20.4 Å². The molecule has 6 amide bonds. The van der Waals surface area contributed by atoms with Gasteiger partial charge in [0, 0.05) is 16.5 Å². The fourth-order valence-corrected chi connectivity index (χ4v) is 15.0. The van der Waals surface area contributed by atoms with Gasteiger partial charge in [-0.25, -0.2) is 20.4 Å². The van der Waals surface area contributed by atoms with Crippen LogP contribution in [0.4, 0.5) is 21.0 Å². The number of carbonyl (C=O) groups is 4. The quantitative estimate of drug-likeness (QED) is 0.0183. The van der Waals surface area contributed by atoms with E-state index in [4.69, 9.17) is 28.4 Å². The van der Waals surface area contributed by atoms with Gasteiger partial charge in [-0.1, -0.05) is 413 Å². The van der Waals surface area contributed by atoms with E-state index in [-0.39, 0.29) is 11.1 Å². The van der Waals surface area contributed by atoms with Crippen LogP contribution in [0.3, 0.4) is 0 Å². The second-order valence-corrected chi connectivity index (χ2v) is 32.6. The Morgan fingerprint density at radius 2 is 0.430 bits per heavy atom. The van der Waals surface area contributed by atoms with Crippen LogP contribution in [0.1, 0.15) is 448 Å².